The van der Waals surface area contributed by atoms with E-state index in [0.29, 0.717) is 16.6 Å². The van der Waals surface area contributed by atoms with Gasteiger partial charge in [0.25, 0.3) is 0 Å². The van der Waals surface area contributed by atoms with Gasteiger partial charge in [-0.2, -0.15) is 4.98 Å². The van der Waals surface area contributed by atoms with Crippen LogP contribution in [0.25, 0.3) is 22.2 Å². The fourth-order valence-corrected chi connectivity index (χ4v) is 4.02. The predicted octanol–water partition coefficient (Wildman–Crippen LogP) is 4.84. The van der Waals surface area contributed by atoms with Gasteiger partial charge in [0.15, 0.2) is 5.65 Å². The number of nitrogens with one attached hydrogen (secondary N) is 1. The van der Waals surface area contributed by atoms with Gasteiger partial charge in [0.05, 0.1) is 0 Å². The molecular formula is C24H23ClN6. The van der Waals surface area contributed by atoms with Gasteiger partial charge in [0, 0.05) is 71.5 Å². The number of fused-ring (bicyclic) bond motifs is 1. The van der Waals surface area contributed by atoms with Crippen molar-refractivity contribution in [1.82, 2.24) is 19.9 Å². The molecule has 156 valence electrons. The molecular weight excluding hydrogens is 408 g/mol. The van der Waals surface area contributed by atoms with Gasteiger partial charge in [-0.1, -0.05) is 29.8 Å². The van der Waals surface area contributed by atoms with Crippen LogP contribution in [-0.4, -0.2) is 53.1 Å². The van der Waals surface area contributed by atoms with Crippen LogP contribution in [0.5, 0.6) is 0 Å². The molecule has 0 amide bonds. The zero-order valence-electron chi connectivity index (χ0n) is 17.3. The molecule has 0 saturated carbocycles. The van der Waals surface area contributed by atoms with E-state index in [4.69, 9.17) is 11.6 Å². The Morgan fingerprint density at radius 2 is 1.68 bits per heavy atom. The van der Waals surface area contributed by atoms with Crippen LogP contribution in [0.1, 0.15) is 0 Å². The maximum Gasteiger partial charge on any atom is 0.229 e. The molecule has 6 nitrogen and oxygen atoms in total. The van der Waals surface area contributed by atoms with Gasteiger partial charge in [-0.15, -0.1) is 0 Å². The van der Waals surface area contributed by atoms with Crippen molar-refractivity contribution in [2.24, 2.45) is 0 Å². The Morgan fingerprint density at radius 1 is 0.903 bits per heavy atom. The van der Waals surface area contributed by atoms with Crippen LogP contribution in [0, 0.1) is 0 Å². The molecule has 7 heteroatoms. The minimum absolute atomic E-state index is 0.526. The molecule has 31 heavy (non-hydrogen) atoms. The quantitative estimate of drug-likeness (QED) is 0.500. The first-order valence-electron chi connectivity index (χ1n) is 10.3. The molecule has 1 N–H and O–H groups in total. The van der Waals surface area contributed by atoms with Crippen LogP contribution >= 0.6 is 11.6 Å². The fourth-order valence-electron chi connectivity index (χ4n) is 3.78. The van der Waals surface area contributed by atoms with Crippen LogP contribution in [0.4, 0.5) is 17.3 Å². The average Bonchev–Trinajstić information content (AvgIpc) is 2.80. The molecule has 3 heterocycles. The monoisotopic (exact) mass is 430 g/mol. The predicted molar refractivity (Wildman–Crippen MR) is 127 cm³/mol. The molecule has 4 aromatic rings. The van der Waals surface area contributed by atoms with Crippen LogP contribution < -0.4 is 10.2 Å². The third kappa shape index (κ3) is 4.31. The zero-order valence-corrected chi connectivity index (χ0v) is 18.0. The highest BCUT2D eigenvalue weighted by Crippen LogP contribution is 2.29. The largest absolute Gasteiger partial charge is 0.369 e. The highest BCUT2D eigenvalue weighted by molar-refractivity contribution is 6.33. The number of piperazine rings is 1. The first kappa shape index (κ1) is 19.7. The molecule has 5 rings (SSSR count). The van der Waals surface area contributed by atoms with Gasteiger partial charge in [0.1, 0.15) is 0 Å². The summed E-state index contributed by atoms with van der Waals surface area (Å²) in [6, 6.07) is 18.2. The Labute approximate surface area is 186 Å². The summed E-state index contributed by atoms with van der Waals surface area (Å²) in [5.74, 6) is 0.526. The average molecular weight is 431 g/mol. The van der Waals surface area contributed by atoms with E-state index in [2.05, 4.69) is 61.4 Å². The Bertz CT molecular complexity index is 1200. The smallest absolute Gasteiger partial charge is 0.229 e. The molecule has 2 aromatic carbocycles. The number of hydrogen-bond acceptors (Lipinski definition) is 6. The fraction of sp³-hybridized carbons (Fsp3) is 0.208. The van der Waals surface area contributed by atoms with Gasteiger partial charge in [-0.3, -0.25) is 0 Å². The molecule has 0 bridgehead atoms. The van der Waals surface area contributed by atoms with E-state index >= 15 is 0 Å². The van der Waals surface area contributed by atoms with E-state index in [1.807, 2.05) is 30.3 Å². The number of anilines is 3. The second-order valence-corrected chi connectivity index (χ2v) is 8.18. The lowest BCUT2D eigenvalue weighted by atomic mass is 10.1. The van der Waals surface area contributed by atoms with E-state index in [1.54, 1.807) is 12.4 Å². The van der Waals surface area contributed by atoms with Crippen LogP contribution in [0.2, 0.25) is 5.02 Å². The maximum atomic E-state index is 6.32. The highest BCUT2D eigenvalue weighted by Gasteiger charge is 2.14. The molecule has 1 saturated heterocycles. The van der Waals surface area contributed by atoms with Gasteiger partial charge in [0.2, 0.25) is 5.95 Å². The standard InChI is InChI=1S/C24H23ClN6/c1-30-10-12-31(13-11-30)20-8-6-19(7-9-20)28-24-27-16-18-14-17(15-26-23(18)29-24)21-4-2-3-5-22(21)25/h2-9,14-16H,10-13H2,1H3,(H,26,27,28,29). The van der Waals surface area contributed by atoms with Crippen LogP contribution in [0.15, 0.2) is 67.0 Å². The summed E-state index contributed by atoms with van der Waals surface area (Å²) in [7, 11) is 2.17. The van der Waals surface area contributed by atoms with Crippen molar-refractivity contribution in [2.45, 2.75) is 0 Å². The van der Waals surface area contributed by atoms with E-state index in [1.165, 1.54) is 5.69 Å². The SMILES string of the molecule is CN1CCN(c2ccc(Nc3ncc4cc(-c5ccccc5Cl)cnc4n3)cc2)CC1. The summed E-state index contributed by atoms with van der Waals surface area (Å²) < 4.78 is 0. The molecule has 0 unspecified atom stereocenters. The van der Waals surface area contributed by atoms with Crippen molar-refractivity contribution < 1.29 is 0 Å². The second-order valence-electron chi connectivity index (χ2n) is 7.77. The topological polar surface area (TPSA) is 57.2 Å². The summed E-state index contributed by atoms with van der Waals surface area (Å²) in [4.78, 5) is 18.3. The van der Waals surface area contributed by atoms with Crippen LogP contribution in [0.3, 0.4) is 0 Å². The molecule has 1 aliphatic heterocycles. The summed E-state index contributed by atoms with van der Waals surface area (Å²) >= 11 is 6.32. The lowest BCUT2D eigenvalue weighted by molar-refractivity contribution is 0.313. The number of benzene rings is 2. The number of rotatable bonds is 4. The van der Waals surface area contributed by atoms with Gasteiger partial charge in [-0.25, -0.2) is 9.97 Å². The van der Waals surface area contributed by atoms with Gasteiger partial charge < -0.3 is 15.1 Å². The van der Waals surface area contributed by atoms with Crippen molar-refractivity contribution in [3.63, 3.8) is 0 Å². The molecule has 2 aromatic heterocycles. The molecule has 1 fully saturated rings. The Morgan fingerprint density at radius 3 is 2.45 bits per heavy atom. The third-order valence-corrected chi connectivity index (χ3v) is 5.94. The number of aromatic nitrogens is 3. The Hall–Kier alpha value is -3.22. The van der Waals surface area contributed by atoms with E-state index in [-0.39, 0.29) is 0 Å². The number of pyridine rings is 1. The highest BCUT2D eigenvalue weighted by atomic mass is 35.5. The zero-order chi connectivity index (χ0) is 21.2. The first-order chi connectivity index (χ1) is 15.2. The van der Waals surface area contributed by atoms with Crippen molar-refractivity contribution in [2.75, 3.05) is 43.4 Å². The molecule has 0 atom stereocenters. The van der Waals surface area contributed by atoms with E-state index < -0.39 is 0 Å². The Kier molecular flexibility index (Phi) is 5.40. The lowest BCUT2D eigenvalue weighted by Crippen LogP contribution is -2.44. The number of nitrogens with zero attached hydrogens (tertiary/aromatic N) is 5. The number of halogens is 1. The first-order valence-corrected chi connectivity index (χ1v) is 10.7. The van der Waals surface area contributed by atoms with Crippen molar-refractivity contribution in [1.29, 1.82) is 0 Å². The van der Waals surface area contributed by atoms with Crippen molar-refractivity contribution in [3.05, 3.63) is 72.0 Å². The summed E-state index contributed by atoms with van der Waals surface area (Å²) in [5.41, 5.74) is 4.72. The number of likely N-dealkylation sites (N-methyl/N-ethyl adjacent to an activating group) is 1. The lowest BCUT2D eigenvalue weighted by Gasteiger charge is -2.34. The van der Waals surface area contributed by atoms with E-state index in [9.17, 15) is 0 Å². The van der Waals surface area contributed by atoms with Gasteiger partial charge >= 0.3 is 0 Å². The molecule has 0 spiro atoms. The summed E-state index contributed by atoms with van der Waals surface area (Å²) in [6.07, 6.45) is 3.59. The van der Waals surface area contributed by atoms with Gasteiger partial charge in [-0.05, 0) is 43.4 Å². The Balaban J connectivity index is 1.33. The molecule has 0 aliphatic carbocycles. The van der Waals surface area contributed by atoms with E-state index in [0.717, 1.165) is 48.4 Å². The minimum atomic E-state index is 0.526. The number of hydrogen-bond donors (Lipinski definition) is 1. The molecule has 1 aliphatic rings. The van der Waals surface area contributed by atoms with Crippen molar-refractivity contribution in [3.8, 4) is 11.1 Å². The second kappa shape index (κ2) is 8.49. The maximum absolute atomic E-state index is 6.32. The van der Waals surface area contributed by atoms with Crippen molar-refractivity contribution >= 4 is 40.0 Å². The molecule has 0 radical (unpaired) electrons. The minimum Gasteiger partial charge on any atom is -0.369 e. The normalized spacial score (nSPS) is 14.7. The summed E-state index contributed by atoms with van der Waals surface area (Å²) in [6.45, 7) is 4.30. The third-order valence-electron chi connectivity index (χ3n) is 5.61. The van der Waals surface area contributed by atoms with Crippen LogP contribution in [-0.2, 0) is 0 Å². The summed E-state index contributed by atoms with van der Waals surface area (Å²) in [5, 5.41) is 4.84.